The zero-order chi connectivity index (χ0) is 24.3. The van der Waals surface area contributed by atoms with Gasteiger partial charge >= 0.3 is 0 Å². The van der Waals surface area contributed by atoms with Crippen molar-refractivity contribution >= 4 is 17.4 Å². The molecule has 0 saturated carbocycles. The maximum absolute atomic E-state index is 13.6. The van der Waals surface area contributed by atoms with E-state index in [4.69, 9.17) is 0 Å². The van der Waals surface area contributed by atoms with Crippen LogP contribution in [0, 0.1) is 5.41 Å². The molecule has 0 bridgehead atoms. The first kappa shape index (κ1) is 22.3. The molecule has 2 aliphatic heterocycles. The quantitative estimate of drug-likeness (QED) is 0.741. The van der Waals surface area contributed by atoms with Gasteiger partial charge in [-0.1, -0.05) is 32.9 Å². The van der Waals surface area contributed by atoms with Gasteiger partial charge in [0.1, 0.15) is 0 Å². The summed E-state index contributed by atoms with van der Waals surface area (Å²) in [5.41, 5.74) is 4.11. The third kappa shape index (κ3) is 3.31. The van der Waals surface area contributed by atoms with Crippen molar-refractivity contribution in [3.05, 3.63) is 70.8 Å². The number of amides is 1. The number of carbonyl (C=O) groups is 2. The molecule has 0 spiro atoms. The second-order valence-electron chi connectivity index (χ2n) is 10.2. The summed E-state index contributed by atoms with van der Waals surface area (Å²) in [5, 5.41) is 16.4. The number of aryl methyl sites for hydroxylation is 1. The maximum Gasteiger partial charge on any atom is 0.278 e. The van der Waals surface area contributed by atoms with Gasteiger partial charge < -0.3 is 10.2 Å². The lowest BCUT2D eigenvalue weighted by Gasteiger charge is -2.48. The molecule has 2 aromatic rings. The van der Waals surface area contributed by atoms with Crippen LogP contribution in [0.3, 0.4) is 0 Å². The lowest BCUT2D eigenvalue weighted by atomic mass is 9.59. The largest absolute Gasteiger partial charge is 0.362 e. The molecule has 176 valence electrons. The fourth-order valence-electron chi connectivity index (χ4n) is 5.69. The normalized spacial score (nSPS) is 24.9. The highest BCUT2D eigenvalue weighted by Crippen LogP contribution is 2.54. The summed E-state index contributed by atoms with van der Waals surface area (Å²) >= 11 is 0. The van der Waals surface area contributed by atoms with E-state index in [9.17, 15) is 9.59 Å². The van der Waals surface area contributed by atoms with Gasteiger partial charge in [-0.3, -0.25) is 14.3 Å². The number of benzene rings is 1. The van der Waals surface area contributed by atoms with Gasteiger partial charge in [0.2, 0.25) is 0 Å². The van der Waals surface area contributed by atoms with Crippen molar-refractivity contribution < 1.29 is 9.59 Å². The summed E-state index contributed by atoms with van der Waals surface area (Å²) in [5.74, 6) is -0.0258. The van der Waals surface area contributed by atoms with E-state index < -0.39 is 5.41 Å². The van der Waals surface area contributed by atoms with Crippen LogP contribution in [0.25, 0.3) is 0 Å². The van der Waals surface area contributed by atoms with Crippen molar-refractivity contribution in [2.75, 3.05) is 11.9 Å². The molecule has 0 fully saturated rings. The summed E-state index contributed by atoms with van der Waals surface area (Å²) < 4.78 is 1.61. The van der Waals surface area contributed by atoms with Gasteiger partial charge in [-0.2, -0.15) is 15.3 Å². The lowest BCUT2D eigenvalue weighted by Crippen LogP contribution is -2.51. The average Bonchev–Trinajstić information content (AvgIpc) is 3.45. The monoisotopic (exact) mass is 458 g/mol. The van der Waals surface area contributed by atoms with Crippen LogP contribution in [0.2, 0.25) is 0 Å². The summed E-state index contributed by atoms with van der Waals surface area (Å²) in [6, 6.07) is 9.63. The van der Waals surface area contributed by atoms with Crippen molar-refractivity contribution in [1.29, 1.82) is 0 Å². The standard InChI is InChI=1S/C26H30N6O2/c1-6-26(16-8-7-9-17(12-16)32(5)24(34)19-10-11-31(4)30-19)18-15-27-29-23(18)28-20-13-25(2,3)14-21(33)22(20)26/h7-12,15,23,28H,6,13-14H2,1-5H3/t23?,26-/m0/s1. The Kier molecular flexibility index (Phi) is 5.07. The van der Waals surface area contributed by atoms with Crippen molar-refractivity contribution in [3.63, 3.8) is 0 Å². The molecular weight excluding hydrogens is 428 g/mol. The van der Waals surface area contributed by atoms with Crippen molar-refractivity contribution in [2.45, 2.75) is 51.6 Å². The second-order valence-corrected chi connectivity index (χ2v) is 10.2. The van der Waals surface area contributed by atoms with Crippen LogP contribution in [0.5, 0.6) is 0 Å². The van der Waals surface area contributed by atoms with Crippen LogP contribution < -0.4 is 10.2 Å². The first-order chi connectivity index (χ1) is 16.2. The van der Waals surface area contributed by atoms with Gasteiger partial charge in [0.15, 0.2) is 17.6 Å². The number of fused-ring (bicyclic) bond motifs is 1. The summed E-state index contributed by atoms with van der Waals surface area (Å²) in [7, 11) is 3.54. The topological polar surface area (TPSA) is 91.9 Å². The molecule has 1 aromatic heterocycles. The van der Waals surface area contributed by atoms with E-state index in [0.717, 1.165) is 34.5 Å². The van der Waals surface area contributed by atoms with Crippen LogP contribution in [0.15, 0.2) is 69.8 Å². The molecule has 1 aliphatic carbocycles. The maximum atomic E-state index is 13.6. The van der Waals surface area contributed by atoms with Crippen molar-refractivity contribution in [1.82, 2.24) is 15.1 Å². The molecule has 5 rings (SSSR count). The minimum absolute atomic E-state index is 0.115. The Hall–Kier alpha value is -3.55. The number of carbonyl (C=O) groups excluding carboxylic acids is 2. The van der Waals surface area contributed by atoms with Crippen molar-refractivity contribution in [2.24, 2.45) is 22.7 Å². The highest BCUT2D eigenvalue weighted by molar-refractivity contribution is 6.05. The van der Waals surface area contributed by atoms with E-state index in [-0.39, 0.29) is 23.3 Å². The molecule has 3 heterocycles. The number of aromatic nitrogens is 2. The van der Waals surface area contributed by atoms with Gasteiger partial charge in [0.25, 0.3) is 5.91 Å². The fraction of sp³-hybridized carbons (Fsp3) is 0.423. The fourth-order valence-corrected chi connectivity index (χ4v) is 5.69. The Labute approximate surface area is 199 Å². The summed E-state index contributed by atoms with van der Waals surface area (Å²) in [6.45, 7) is 6.36. The lowest BCUT2D eigenvalue weighted by molar-refractivity contribution is -0.119. The number of nitrogens with zero attached hydrogens (tertiary/aromatic N) is 5. The molecule has 2 atom stereocenters. The Morgan fingerprint density at radius 1 is 1.26 bits per heavy atom. The smallest absolute Gasteiger partial charge is 0.278 e. The summed E-state index contributed by atoms with van der Waals surface area (Å²) in [6.07, 6.45) is 5.24. The molecule has 1 aromatic carbocycles. The average molecular weight is 459 g/mol. The van der Waals surface area contributed by atoms with E-state index in [1.54, 1.807) is 42.1 Å². The molecule has 8 nitrogen and oxygen atoms in total. The van der Waals surface area contributed by atoms with E-state index in [2.05, 4.69) is 41.4 Å². The third-order valence-corrected chi connectivity index (χ3v) is 7.27. The molecule has 1 N–H and O–H groups in total. The van der Waals surface area contributed by atoms with E-state index in [0.29, 0.717) is 18.5 Å². The number of hydrogen-bond donors (Lipinski definition) is 1. The first-order valence-corrected chi connectivity index (χ1v) is 11.7. The van der Waals surface area contributed by atoms with E-state index in [1.807, 2.05) is 24.3 Å². The third-order valence-electron chi connectivity index (χ3n) is 7.27. The molecule has 0 saturated heterocycles. The number of ketones is 1. The Bertz CT molecular complexity index is 1280. The number of allylic oxidation sites excluding steroid dienone is 2. The highest BCUT2D eigenvalue weighted by Gasteiger charge is 2.53. The number of nitrogens with one attached hydrogen (secondary N) is 1. The van der Waals surface area contributed by atoms with Crippen molar-refractivity contribution in [3.8, 4) is 0 Å². The van der Waals surface area contributed by atoms with Gasteiger partial charge in [-0.25, -0.2) is 0 Å². The summed E-state index contributed by atoms with van der Waals surface area (Å²) in [4.78, 5) is 28.3. The molecule has 1 unspecified atom stereocenters. The van der Waals surface area contributed by atoms with Crippen LogP contribution in [-0.4, -0.2) is 34.7 Å². The Balaban J connectivity index is 1.64. The molecule has 8 heteroatoms. The molecule has 0 radical (unpaired) electrons. The Morgan fingerprint density at radius 3 is 2.76 bits per heavy atom. The van der Waals surface area contributed by atoms with E-state index in [1.165, 1.54) is 0 Å². The minimum Gasteiger partial charge on any atom is -0.362 e. The minimum atomic E-state index is -0.646. The number of anilines is 1. The molecule has 34 heavy (non-hydrogen) atoms. The number of Topliss-reactive ketones (excluding diaryl/α,β-unsaturated/α-hetero) is 1. The van der Waals surface area contributed by atoms with Gasteiger partial charge in [-0.05, 0) is 42.0 Å². The second kappa shape index (κ2) is 7.75. The zero-order valence-corrected chi connectivity index (χ0v) is 20.3. The number of hydrogen-bond acceptors (Lipinski definition) is 6. The predicted octanol–water partition coefficient (Wildman–Crippen LogP) is 4.27. The molecule has 3 aliphatic rings. The van der Waals surface area contributed by atoms with Crippen LogP contribution >= 0.6 is 0 Å². The first-order valence-electron chi connectivity index (χ1n) is 11.7. The highest BCUT2D eigenvalue weighted by atomic mass is 16.2. The SMILES string of the molecule is CC[C@]1(c2cccc(N(C)C(=O)c3ccn(C)n3)c2)C2=CN=NC2NC2=C1C(=O)CC(C)(C)C2. The van der Waals surface area contributed by atoms with E-state index >= 15 is 0 Å². The molecule has 1 amide bonds. The zero-order valence-electron chi connectivity index (χ0n) is 20.3. The molecular formula is C26H30N6O2. The predicted molar refractivity (Wildman–Crippen MR) is 129 cm³/mol. The number of azo groups is 1. The van der Waals surface area contributed by atoms with Gasteiger partial charge in [0.05, 0.1) is 11.6 Å². The van der Waals surface area contributed by atoms with Gasteiger partial charge in [-0.15, -0.1) is 0 Å². The van der Waals surface area contributed by atoms with Crippen LogP contribution in [-0.2, 0) is 17.3 Å². The number of rotatable bonds is 4. The van der Waals surface area contributed by atoms with Gasteiger partial charge in [0, 0.05) is 49.2 Å². The van der Waals surface area contributed by atoms with Crippen LogP contribution in [0.4, 0.5) is 5.69 Å². The Morgan fingerprint density at radius 2 is 2.06 bits per heavy atom. The van der Waals surface area contributed by atoms with Crippen LogP contribution in [0.1, 0.15) is 56.1 Å².